The molecule has 20 heavy (non-hydrogen) atoms. The van der Waals surface area contributed by atoms with Crippen LogP contribution in [0.25, 0.3) is 0 Å². The third-order valence-electron chi connectivity index (χ3n) is 3.29. The normalized spacial score (nSPS) is 10.6. The zero-order valence-electron chi connectivity index (χ0n) is 11.4. The quantitative estimate of drug-likeness (QED) is 0.891. The van der Waals surface area contributed by atoms with Crippen LogP contribution in [-0.4, -0.2) is 6.54 Å². The Morgan fingerprint density at radius 3 is 2.40 bits per heavy atom. The highest BCUT2D eigenvalue weighted by Gasteiger charge is 2.08. The Kier molecular flexibility index (Phi) is 5.15. The van der Waals surface area contributed by atoms with Crippen LogP contribution >= 0.6 is 15.9 Å². The molecule has 0 saturated carbocycles. The van der Waals surface area contributed by atoms with Crippen molar-refractivity contribution in [1.82, 2.24) is 0 Å². The molecule has 2 rings (SSSR count). The SMILES string of the molecule is CCN(Cc1ccc(CN)cc1Br)c1ccc(F)cc1. The second-order valence-corrected chi connectivity index (χ2v) is 5.47. The number of hydrogen-bond acceptors (Lipinski definition) is 2. The maximum atomic E-state index is 13.0. The first-order valence-electron chi connectivity index (χ1n) is 6.62. The van der Waals surface area contributed by atoms with Crippen molar-refractivity contribution in [2.75, 3.05) is 11.4 Å². The van der Waals surface area contributed by atoms with Crippen LogP contribution in [0.15, 0.2) is 46.9 Å². The van der Waals surface area contributed by atoms with Crippen molar-refractivity contribution in [3.05, 3.63) is 63.9 Å². The first-order valence-corrected chi connectivity index (χ1v) is 7.41. The summed E-state index contributed by atoms with van der Waals surface area (Å²) >= 11 is 3.59. The maximum absolute atomic E-state index is 13.0. The Morgan fingerprint density at radius 2 is 1.85 bits per heavy atom. The minimum Gasteiger partial charge on any atom is -0.367 e. The average molecular weight is 337 g/mol. The van der Waals surface area contributed by atoms with Gasteiger partial charge in [0.1, 0.15) is 5.82 Å². The van der Waals surface area contributed by atoms with E-state index in [0.717, 1.165) is 28.8 Å². The van der Waals surface area contributed by atoms with Crippen molar-refractivity contribution < 1.29 is 4.39 Å². The maximum Gasteiger partial charge on any atom is 0.123 e. The van der Waals surface area contributed by atoms with Crippen LogP contribution in [-0.2, 0) is 13.1 Å². The van der Waals surface area contributed by atoms with Gasteiger partial charge < -0.3 is 10.6 Å². The van der Waals surface area contributed by atoms with Gasteiger partial charge in [-0.25, -0.2) is 4.39 Å². The highest BCUT2D eigenvalue weighted by atomic mass is 79.9. The van der Waals surface area contributed by atoms with E-state index >= 15 is 0 Å². The molecule has 0 radical (unpaired) electrons. The van der Waals surface area contributed by atoms with Gasteiger partial charge in [-0.3, -0.25) is 0 Å². The van der Waals surface area contributed by atoms with Gasteiger partial charge >= 0.3 is 0 Å². The fourth-order valence-electron chi connectivity index (χ4n) is 2.09. The van der Waals surface area contributed by atoms with Gasteiger partial charge in [0.15, 0.2) is 0 Å². The van der Waals surface area contributed by atoms with E-state index in [2.05, 4.69) is 33.8 Å². The lowest BCUT2D eigenvalue weighted by Gasteiger charge is -2.24. The summed E-state index contributed by atoms with van der Waals surface area (Å²) in [6.45, 7) is 4.25. The summed E-state index contributed by atoms with van der Waals surface area (Å²) in [5.74, 6) is -0.210. The summed E-state index contributed by atoms with van der Waals surface area (Å²) in [7, 11) is 0. The molecule has 2 N–H and O–H groups in total. The molecule has 0 heterocycles. The van der Waals surface area contributed by atoms with Crippen LogP contribution in [0, 0.1) is 5.82 Å². The van der Waals surface area contributed by atoms with Crippen molar-refractivity contribution in [1.29, 1.82) is 0 Å². The molecule has 4 heteroatoms. The average Bonchev–Trinajstić information content (AvgIpc) is 2.47. The van der Waals surface area contributed by atoms with Gasteiger partial charge in [0.05, 0.1) is 0 Å². The molecule has 0 aliphatic heterocycles. The van der Waals surface area contributed by atoms with E-state index in [1.54, 1.807) is 12.1 Å². The Labute approximate surface area is 127 Å². The molecule has 0 unspecified atom stereocenters. The molecule has 0 spiro atoms. The number of nitrogens with zero attached hydrogens (tertiary/aromatic N) is 1. The van der Waals surface area contributed by atoms with Crippen LogP contribution in [0.2, 0.25) is 0 Å². The molecule has 2 aromatic rings. The fourth-order valence-corrected chi connectivity index (χ4v) is 2.64. The molecule has 0 aromatic heterocycles. The topological polar surface area (TPSA) is 29.3 Å². The van der Waals surface area contributed by atoms with Crippen molar-refractivity contribution in [3.63, 3.8) is 0 Å². The second kappa shape index (κ2) is 6.86. The molecule has 0 bridgehead atoms. The predicted molar refractivity (Wildman–Crippen MR) is 85.2 cm³/mol. The summed E-state index contributed by atoms with van der Waals surface area (Å²) in [4.78, 5) is 2.20. The van der Waals surface area contributed by atoms with Crippen molar-refractivity contribution >= 4 is 21.6 Å². The molecule has 106 valence electrons. The van der Waals surface area contributed by atoms with Crippen LogP contribution in [0.5, 0.6) is 0 Å². The molecule has 0 aliphatic carbocycles. The molecule has 0 atom stereocenters. The van der Waals surface area contributed by atoms with Gasteiger partial charge in [0, 0.05) is 29.8 Å². The smallest absolute Gasteiger partial charge is 0.123 e. The molecule has 2 nitrogen and oxygen atoms in total. The van der Waals surface area contributed by atoms with Crippen LogP contribution in [0.4, 0.5) is 10.1 Å². The number of anilines is 1. The van der Waals surface area contributed by atoms with E-state index in [4.69, 9.17) is 5.73 Å². The molecular formula is C16H18BrFN2. The van der Waals surface area contributed by atoms with Crippen LogP contribution < -0.4 is 10.6 Å². The lowest BCUT2D eigenvalue weighted by molar-refractivity contribution is 0.627. The monoisotopic (exact) mass is 336 g/mol. The number of benzene rings is 2. The third-order valence-corrected chi connectivity index (χ3v) is 4.03. The molecule has 0 fully saturated rings. The Morgan fingerprint density at radius 1 is 1.15 bits per heavy atom. The number of halogens is 2. The van der Waals surface area contributed by atoms with Gasteiger partial charge in [-0.05, 0) is 48.4 Å². The summed E-state index contributed by atoms with van der Waals surface area (Å²) in [6, 6.07) is 12.8. The first-order chi connectivity index (χ1) is 9.63. The number of rotatable bonds is 5. The van der Waals surface area contributed by atoms with Crippen LogP contribution in [0.3, 0.4) is 0 Å². The van der Waals surface area contributed by atoms with Crippen molar-refractivity contribution in [2.24, 2.45) is 5.73 Å². The Bertz CT molecular complexity index is 569. The lowest BCUT2D eigenvalue weighted by Crippen LogP contribution is -2.22. The largest absolute Gasteiger partial charge is 0.367 e. The summed E-state index contributed by atoms with van der Waals surface area (Å²) < 4.78 is 14.0. The van der Waals surface area contributed by atoms with E-state index in [1.807, 2.05) is 12.1 Å². The van der Waals surface area contributed by atoms with Crippen molar-refractivity contribution in [3.8, 4) is 0 Å². The Balaban J connectivity index is 2.20. The van der Waals surface area contributed by atoms with E-state index in [1.165, 1.54) is 17.7 Å². The second-order valence-electron chi connectivity index (χ2n) is 4.62. The highest BCUT2D eigenvalue weighted by Crippen LogP contribution is 2.23. The van der Waals surface area contributed by atoms with E-state index in [-0.39, 0.29) is 5.82 Å². The lowest BCUT2D eigenvalue weighted by atomic mass is 10.1. The number of nitrogens with two attached hydrogens (primary N) is 1. The van der Waals surface area contributed by atoms with E-state index < -0.39 is 0 Å². The Hall–Kier alpha value is -1.39. The van der Waals surface area contributed by atoms with Gasteiger partial charge in [-0.2, -0.15) is 0 Å². The standard InChI is InChI=1S/C16H18BrFN2/c1-2-20(15-7-5-14(18)6-8-15)11-13-4-3-12(10-19)9-16(13)17/h3-9H,2,10-11,19H2,1H3. The van der Waals surface area contributed by atoms with Gasteiger partial charge in [-0.1, -0.05) is 28.1 Å². The minimum absolute atomic E-state index is 0.210. The van der Waals surface area contributed by atoms with Crippen molar-refractivity contribution in [2.45, 2.75) is 20.0 Å². The predicted octanol–water partition coefficient (Wildman–Crippen LogP) is 4.07. The van der Waals surface area contributed by atoms with Crippen LogP contribution in [0.1, 0.15) is 18.1 Å². The summed E-state index contributed by atoms with van der Waals surface area (Å²) in [5, 5.41) is 0. The highest BCUT2D eigenvalue weighted by molar-refractivity contribution is 9.10. The van der Waals surface area contributed by atoms with Gasteiger partial charge in [0.25, 0.3) is 0 Å². The zero-order chi connectivity index (χ0) is 14.5. The first kappa shape index (κ1) is 15.0. The molecule has 0 aliphatic rings. The molecule has 0 saturated heterocycles. The summed E-state index contributed by atoms with van der Waals surface area (Å²) in [6.07, 6.45) is 0. The van der Waals surface area contributed by atoms with E-state index in [0.29, 0.717) is 6.54 Å². The zero-order valence-corrected chi connectivity index (χ0v) is 13.0. The number of hydrogen-bond donors (Lipinski definition) is 1. The van der Waals surface area contributed by atoms with E-state index in [9.17, 15) is 4.39 Å². The third kappa shape index (κ3) is 3.58. The van der Waals surface area contributed by atoms with Gasteiger partial charge in [-0.15, -0.1) is 0 Å². The fraction of sp³-hybridized carbons (Fsp3) is 0.250. The minimum atomic E-state index is -0.210. The molecular weight excluding hydrogens is 319 g/mol. The molecule has 2 aromatic carbocycles. The molecule has 0 amide bonds. The van der Waals surface area contributed by atoms with Gasteiger partial charge in [0.2, 0.25) is 0 Å². The summed E-state index contributed by atoms with van der Waals surface area (Å²) in [5.41, 5.74) is 8.94.